The Labute approximate surface area is 190 Å². The number of aromatic nitrogens is 2. The van der Waals surface area contributed by atoms with Crippen molar-refractivity contribution < 1.29 is 14.0 Å². The van der Waals surface area contributed by atoms with Crippen LogP contribution >= 0.6 is 11.3 Å². The van der Waals surface area contributed by atoms with E-state index < -0.39 is 5.91 Å². The average Bonchev–Trinajstić information content (AvgIpc) is 3.26. The van der Waals surface area contributed by atoms with Crippen molar-refractivity contribution in [2.75, 3.05) is 28.6 Å². The summed E-state index contributed by atoms with van der Waals surface area (Å²) in [5, 5.41) is 14.3. The summed E-state index contributed by atoms with van der Waals surface area (Å²) in [5.74, 6) is -0.931. The molecule has 3 aromatic rings. The highest BCUT2D eigenvalue weighted by atomic mass is 32.1. The highest BCUT2D eigenvalue weighted by Crippen LogP contribution is 2.23. The molecule has 7 nitrogen and oxygen atoms in total. The van der Waals surface area contributed by atoms with Crippen LogP contribution in [0, 0.1) is 12.7 Å². The molecule has 0 aliphatic carbocycles. The van der Waals surface area contributed by atoms with Gasteiger partial charge in [0.15, 0.2) is 0 Å². The molecule has 0 aliphatic heterocycles. The highest BCUT2D eigenvalue weighted by Gasteiger charge is 2.15. The van der Waals surface area contributed by atoms with Crippen molar-refractivity contribution in [1.82, 2.24) is 10.2 Å². The lowest BCUT2D eigenvalue weighted by Crippen LogP contribution is -2.22. The summed E-state index contributed by atoms with van der Waals surface area (Å²) in [6, 6.07) is 11.5. The van der Waals surface area contributed by atoms with E-state index in [4.69, 9.17) is 0 Å². The summed E-state index contributed by atoms with van der Waals surface area (Å²) >= 11 is 1.13. The van der Waals surface area contributed by atoms with Crippen molar-refractivity contribution in [3.8, 4) is 0 Å². The molecule has 1 aromatic heterocycles. The van der Waals surface area contributed by atoms with E-state index >= 15 is 0 Å². The van der Waals surface area contributed by atoms with Crippen LogP contribution in [0.25, 0.3) is 0 Å². The Hall–Kier alpha value is -3.33. The predicted molar refractivity (Wildman–Crippen MR) is 126 cm³/mol. The molecule has 0 aliphatic rings. The molecule has 168 valence electrons. The van der Waals surface area contributed by atoms with Gasteiger partial charge in [0.2, 0.25) is 10.9 Å². The van der Waals surface area contributed by atoms with Gasteiger partial charge in [-0.3, -0.25) is 9.59 Å². The zero-order valence-electron chi connectivity index (χ0n) is 18.3. The average molecular weight is 456 g/mol. The van der Waals surface area contributed by atoms with Gasteiger partial charge in [-0.1, -0.05) is 11.3 Å². The molecule has 2 amide bonds. The van der Waals surface area contributed by atoms with E-state index in [0.717, 1.165) is 41.4 Å². The van der Waals surface area contributed by atoms with Crippen LogP contribution in [0.2, 0.25) is 0 Å². The minimum Gasteiger partial charge on any atom is -0.372 e. The van der Waals surface area contributed by atoms with Crippen LogP contribution < -0.4 is 15.5 Å². The summed E-state index contributed by atoms with van der Waals surface area (Å²) < 4.78 is 13.0. The van der Waals surface area contributed by atoms with Crippen molar-refractivity contribution in [3.63, 3.8) is 0 Å². The molecule has 0 spiro atoms. The van der Waals surface area contributed by atoms with Crippen LogP contribution in [0.1, 0.15) is 40.6 Å². The fraction of sp³-hybridized carbons (Fsp3) is 0.304. The van der Waals surface area contributed by atoms with Crippen LogP contribution in [0.5, 0.6) is 0 Å². The van der Waals surface area contributed by atoms with Crippen LogP contribution in [0.15, 0.2) is 42.5 Å². The molecular weight excluding hydrogens is 429 g/mol. The first-order chi connectivity index (χ1) is 15.4. The van der Waals surface area contributed by atoms with Crippen LogP contribution in [-0.4, -0.2) is 35.1 Å². The molecule has 0 unspecified atom stereocenters. The van der Waals surface area contributed by atoms with Gasteiger partial charge in [-0.25, -0.2) is 4.39 Å². The smallest absolute Gasteiger partial charge is 0.286 e. The van der Waals surface area contributed by atoms with E-state index in [1.165, 1.54) is 24.3 Å². The van der Waals surface area contributed by atoms with E-state index in [1.54, 1.807) is 0 Å². The molecule has 0 bridgehead atoms. The monoisotopic (exact) mass is 455 g/mol. The molecule has 2 N–H and O–H groups in total. The van der Waals surface area contributed by atoms with Crippen molar-refractivity contribution in [2.45, 2.75) is 33.6 Å². The molecule has 1 heterocycles. The lowest BCUT2D eigenvalue weighted by molar-refractivity contribution is -0.116. The maximum absolute atomic E-state index is 13.0. The lowest BCUT2D eigenvalue weighted by Gasteiger charge is -2.22. The number of rotatable bonds is 9. The summed E-state index contributed by atoms with van der Waals surface area (Å²) in [6.07, 6.45) is 0.607. The van der Waals surface area contributed by atoms with Gasteiger partial charge < -0.3 is 15.5 Å². The number of aryl methyl sites for hydroxylation is 2. The Morgan fingerprint density at radius 1 is 1.03 bits per heavy atom. The summed E-state index contributed by atoms with van der Waals surface area (Å²) in [5.41, 5.74) is 3.38. The molecular formula is C23H26FN5O2S. The number of hydrogen-bond donors (Lipinski definition) is 2. The van der Waals surface area contributed by atoms with E-state index in [9.17, 15) is 14.0 Å². The fourth-order valence-corrected chi connectivity index (χ4v) is 3.91. The van der Waals surface area contributed by atoms with Crippen molar-refractivity contribution in [3.05, 3.63) is 63.9 Å². The van der Waals surface area contributed by atoms with Crippen LogP contribution in [-0.2, 0) is 11.2 Å². The molecule has 0 saturated carbocycles. The van der Waals surface area contributed by atoms with Crippen molar-refractivity contribution in [1.29, 1.82) is 0 Å². The van der Waals surface area contributed by atoms with E-state index in [2.05, 4.69) is 45.6 Å². The summed E-state index contributed by atoms with van der Waals surface area (Å²) in [4.78, 5) is 26.9. The number of nitrogens with one attached hydrogen (secondary N) is 2. The highest BCUT2D eigenvalue weighted by molar-refractivity contribution is 7.13. The van der Waals surface area contributed by atoms with Gasteiger partial charge in [0, 0.05) is 43.0 Å². The SMILES string of the molecule is CCN(CC)c1ccc(NC(=O)CCc2nnc(C(=O)Nc3ccc(F)cc3)s2)c(C)c1. The van der Waals surface area contributed by atoms with E-state index in [1.807, 2.05) is 19.1 Å². The quantitative estimate of drug-likeness (QED) is 0.490. The molecule has 0 saturated heterocycles. The first-order valence-electron chi connectivity index (χ1n) is 10.4. The number of carbonyl (C=O) groups is 2. The zero-order valence-corrected chi connectivity index (χ0v) is 19.1. The summed E-state index contributed by atoms with van der Waals surface area (Å²) in [7, 11) is 0. The number of carbonyl (C=O) groups excluding carboxylic acids is 2. The number of nitrogens with zero attached hydrogens (tertiary/aromatic N) is 3. The number of hydrogen-bond acceptors (Lipinski definition) is 6. The zero-order chi connectivity index (χ0) is 23.1. The minimum atomic E-state index is -0.422. The Morgan fingerprint density at radius 2 is 1.75 bits per heavy atom. The number of anilines is 3. The molecule has 0 fully saturated rings. The van der Waals surface area contributed by atoms with Gasteiger partial charge >= 0.3 is 0 Å². The lowest BCUT2D eigenvalue weighted by atomic mass is 10.1. The van der Waals surface area contributed by atoms with Crippen molar-refractivity contribution in [2.24, 2.45) is 0 Å². The Morgan fingerprint density at radius 3 is 2.41 bits per heavy atom. The van der Waals surface area contributed by atoms with Gasteiger partial charge in [-0.05, 0) is 68.8 Å². The van der Waals surface area contributed by atoms with Crippen LogP contribution in [0.3, 0.4) is 0 Å². The molecule has 9 heteroatoms. The molecule has 2 aromatic carbocycles. The number of amides is 2. The Kier molecular flexibility index (Phi) is 7.88. The molecule has 0 radical (unpaired) electrons. The van der Waals surface area contributed by atoms with Gasteiger partial charge in [-0.2, -0.15) is 0 Å². The fourth-order valence-electron chi connectivity index (χ4n) is 3.17. The third-order valence-corrected chi connectivity index (χ3v) is 5.92. The topological polar surface area (TPSA) is 87.2 Å². The maximum Gasteiger partial charge on any atom is 0.286 e. The first-order valence-corrected chi connectivity index (χ1v) is 11.3. The van der Waals surface area contributed by atoms with Gasteiger partial charge in [0.25, 0.3) is 5.91 Å². The second-order valence-electron chi connectivity index (χ2n) is 7.18. The van der Waals surface area contributed by atoms with E-state index in [-0.39, 0.29) is 23.2 Å². The predicted octanol–water partition coefficient (Wildman–Crippen LogP) is 4.66. The minimum absolute atomic E-state index is 0.129. The summed E-state index contributed by atoms with van der Waals surface area (Å²) in [6.45, 7) is 8.04. The molecule has 0 atom stereocenters. The maximum atomic E-state index is 13.0. The van der Waals surface area contributed by atoms with Crippen LogP contribution in [0.4, 0.5) is 21.5 Å². The molecule has 32 heavy (non-hydrogen) atoms. The Bertz CT molecular complexity index is 1080. The van der Waals surface area contributed by atoms with Gasteiger partial charge in [0.1, 0.15) is 10.8 Å². The number of halogens is 1. The standard InChI is InChI=1S/C23H26FN5O2S/c1-4-29(5-2)18-10-11-19(15(3)14-18)26-20(30)12-13-21-27-28-23(32-21)22(31)25-17-8-6-16(24)7-9-17/h6-11,14H,4-5,12-13H2,1-3H3,(H,25,31)(H,26,30). The second-order valence-corrected chi connectivity index (χ2v) is 8.24. The third kappa shape index (κ3) is 6.10. The normalized spacial score (nSPS) is 10.6. The second kappa shape index (κ2) is 10.8. The van der Waals surface area contributed by atoms with Gasteiger partial charge in [-0.15, -0.1) is 10.2 Å². The number of benzene rings is 2. The first kappa shape index (κ1) is 23.3. The molecule has 3 rings (SSSR count). The largest absolute Gasteiger partial charge is 0.372 e. The Balaban J connectivity index is 1.53. The van der Waals surface area contributed by atoms with E-state index in [0.29, 0.717) is 17.1 Å². The van der Waals surface area contributed by atoms with Crippen molar-refractivity contribution >= 4 is 40.2 Å². The third-order valence-electron chi connectivity index (χ3n) is 4.94. The van der Waals surface area contributed by atoms with Gasteiger partial charge in [0.05, 0.1) is 0 Å².